The van der Waals surface area contributed by atoms with Crippen LogP contribution in [-0.4, -0.2) is 67.6 Å². The van der Waals surface area contributed by atoms with Crippen LogP contribution < -0.4 is 15.2 Å². The summed E-state index contributed by atoms with van der Waals surface area (Å²) >= 11 is 0. The van der Waals surface area contributed by atoms with Crippen molar-refractivity contribution in [3.05, 3.63) is 76.9 Å². The summed E-state index contributed by atoms with van der Waals surface area (Å²) in [5, 5.41) is 8.38. The largest absolute Gasteiger partial charge is 0.494 e. The number of aryl methyl sites for hydroxylation is 2. The molecule has 1 unspecified atom stereocenters. The molecule has 1 atom stereocenters. The Bertz CT molecular complexity index is 1670. The molecular formula is C31H39N5O6S. The number of esters is 1. The number of nitrogens with two attached hydrogens (primary N) is 1. The molecule has 230 valence electrons. The van der Waals surface area contributed by atoms with Gasteiger partial charge in [-0.05, 0) is 85.5 Å². The Hall–Kier alpha value is -4.00. The van der Waals surface area contributed by atoms with Crippen LogP contribution in [0.3, 0.4) is 0 Å². The number of carbonyl (C=O) groups is 1. The molecule has 0 amide bonds. The first-order valence-electron chi connectivity index (χ1n) is 14.1. The fraction of sp³-hybridized carbons (Fsp3) is 0.387. The zero-order valence-corrected chi connectivity index (χ0v) is 26.1. The standard InChI is InChI=1S/C31H39N5O6S/c1-6-41-30(37)19-27(23-17-28-31(29(18-23)40-5)36(4)34-33-28)22-9-8-21(2)24(16-22)20-35(3)43(38,39)26-12-10-25(11-13-26)42-15-7-14-32/h8-13,16-18,27H,6-7,14-15,19-20,32H2,1-5H3. The van der Waals surface area contributed by atoms with Gasteiger partial charge in [-0.15, -0.1) is 5.10 Å². The predicted molar refractivity (Wildman–Crippen MR) is 164 cm³/mol. The lowest BCUT2D eigenvalue weighted by Gasteiger charge is -2.22. The van der Waals surface area contributed by atoms with E-state index in [0.29, 0.717) is 36.6 Å². The highest BCUT2D eigenvalue weighted by molar-refractivity contribution is 7.89. The quantitative estimate of drug-likeness (QED) is 0.166. The Morgan fingerprint density at radius 1 is 1.09 bits per heavy atom. The highest BCUT2D eigenvalue weighted by Crippen LogP contribution is 2.36. The van der Waals surface area contributed by atoms with Crippen LogP contribution in [-0.2, 0) is 33.1 Å². The molecule has 4 aromatic rings. The van der Waals surface area contributed by atoms with E-state index < -0.39 is 15.9 Å². The number of nitrogens with zero attached hydrogens (tertiary/aromatic N) is 4. The lowest BCUT2D eigenvalue weighted by Crippen LogP contribution is -2.27. The predicted octanol–water partition coefficient (Wildman–Crippen LogP) is 3.92. The lowest BCUT2D eigenvalue weighted by atomic mass is 9.86. The van der Waals surface area contributed by atoms with E-state index in [0.717, 1.165) is 27.8 Å². The smallest absolute Gasteiger partial charge is 0.306 e. The van der Waals surface area contributed by atoms with Gasteiger partial charge in [0, 0.05) is 26.6 Å². The van der Waals surface area contributed by atoms with E-state index in [9.17, 15) is 13.2 Å². The highest BCUT2D eigenvalue weighted by Gasteiger charge is 2.25. The van der Waals surface area contributed by atoms with Crippen molar-refractivity contribution in [2.45, 2.75) is 44.0 Å². The molecule has 1 aromatic heterocycles. The van der Waals surface area contributed by atoms with Crippen molar-refractivity contribution in [3.8, 4) is 11.5 Å². The number of rotatable bonds is 14. The van der Waals surface area contributed by atoms with Gasteiger partial charge in [0.2, 0.25) is 10.0 Å². The summed E-state index contributed by atoms with van der Waals surface area (Å²) in [6.07, 6.45) is 0.795. The Morgan fingerprint density at radius 3 is 2.51 bits per heavy atom. The maximum atomic E-state index is 13.5. The molecule has 2 N–H and O–H groups in total. The molecule has 12 heteroatoms. The number of aromatic nitrogens is 3. The average Bonchev–Trinajstić information content (AvgIpc) is 3.37. The first kappa shape index (κ1) is 31.9. The van der Waals surface area contributed by atoms with Crippen LogP contribution in [0.2, 0.25) is 0 Å². The van der Waals surface area contributed by atoms with Crippen molar-refractivity contribution >= 4 is 27.0 Å². The third-order valence-electron chi connectivity index (χ3n) is 7.30. The van der Waals surface area contributed by atoms with E-state index in [1.165, 1.54) is 16.4 Å². The summed E-state index contributed by atoms with van der Waals surface area (Å²) in [5.41, 5.74) is 10.3. The minimum absolute atomic E-state index is 0.0824. The van der Waals surface area contributed by atoms with Gasteiger partial charge in [-0.2, -0.15) is 4.31 Å². The average molecular weight is 610 g/mol. The molecule has 0 saturated heterocycles. The second-order valence-electron chi connectivity index (χ2n) is 10.3. The van der Waals surface area contributed by atoms with Gasteiger partial charge < -0.3 is 19.9 Å². The van der Waals surface area contributed by atoms with Gasteiger partial charge in [0.25, 0.3) is 0 Å². The Morgan fingerprint density at radius 2 is 1.84 bits per heavy atom. The number of carbonyl (C=O) groups excluding carboxylic acids is 1. The second kappa shape index (κ2) is 14.0. The number of ether oxygens (including phenoxy) is 3. The highest BCUT2D eigenvalue weighted by atomic mass is 32.2. The van der Waals surface area contributed by atoms with E-state index in [1.54, 1.807) is 44.9 Å². The molecule has 1 heterocycles. The molecule has 0 bridgehead atoms. The van der Waals surface area contributed by atoms with Crippen LogP contribution in [0.4, 0.5) is 0 Å². The van der Waals surface area contributed by atoms with Gasteiger partial charge in [-0.1, -0.05) is 23.4 Å². The Balaban J connectivity index is 1.65. The summed E-state index contributed by atoms with van der Waals surface area (Å²) in [6.45, 7) is 5.09. The molecule has 0 aliphatic carbocycles. The number of hydrogen-bond acceptors (Lipinski definition) is 9. The first-order chi connectivity index (χ1) is 20.6. The monoisotopic (exact) mass is 609 g/mol. The maximum absolute atomic E-state index is 13.5. The lowest BCUT2D eigenvalue weighted by molar-refractivity contribution is -0.143. The topological polar surface area (TPSA) is 139 Å². The van der Waals surface area contributed by atoms with Crippen LogP contribution in [0, 0.1) is 6.92 Å². The molecule has 3 aromatic carbocycles. The van der Waals surface area contributed by atoms with E-state index >= 15 is 0 Å². The van der Waals surface area contributed by atoms with Gasteiger partial charge >= 0.3 is 5.97 Å². The van der Waals surface area contributed by atoms with Gasteiger partial charge in [0.05, 0.1) is 31.6 Å². The van der Waals surface area contributed by atoms with Crippen molar-refractivity contribution < 1.29 is 27.4 Å². The van der Waals surface area contributed by atoms with Gasteiger partial charge in [-0.3, -0.25) is 4.79 Å². The third kappa shape index (κ3) is 7.32. The van der Waals surface area contributed by atoms with Crippen LogP contribution in [0.25, 0.3) is 11.0 Å². The van der Waals surface area contributed by atoms with Crippen molar-refractivity contribution in [1.82, 2.24) is 19.3 Å². The molecule has 0 radical (unpaired) electrons. The fourth-order valence-electron chi connectivity index (χ4n) is 4.91. The summed E-state index contributed by atoms with van der Waals surface area (Å²) in [5.74, 6) is 0.431. The Labute approximate surface area is 252 Å². The first-order valence-corrected chi connectivity index (χ1v) is 15.5. The summed E-state index contributed by atoms with van der Waals surface area (Å²) in [6, 6.07) is 16.0. The summed E-state index contributed by atoms with van der Waals surface area (Å²) in [4.78, 5) is 12.9. The zero-order chi connectivity index (χ0) is 31.1. The van der Waals surface area contributed by atoms with Crippen LogP contribution in [0.15, 0.2) is 59.5 Å². The van der Waals surface area contributed by atoms with E-state index in [4.69, 9.17) is 19.9 Å². The van der Waals surface area contributed by atoms with Gasteiger partial charge in [0.15, 0.2) is 0 Å². The molecule has 0 fully saturated rings. The van der Waals surface area contributed by atoms with Crippen molar-refractivity contribution in [3.63, 3.8) is 0 Å². The van der Waals surface area contributed by atoms with E-state index in [1.807, 2.05) is 37.3 Å². The van der Waals surface area contributed by atoms with E-state index in [-0.39, 0.29) is 30.4 Å². The third-order valence-corrected chi connectivity index (χ3v) is 9.12. The second-order valence-corrected chi connectivity index (χ2v) is 12.3. The van der Waals surface area contributed by atoms with Crippen LogP contribution in [0.5, 0.6) is 11.5 Å². The van der Waals surface area contributed by atoms with Crippen molar-refractivity contribution in [2.75, 3.05) is 33.9 Å². The Kier molecular flexibility index (Phi) is 10.4. The van der Waals surface area contributed by atoms with Crippen LogP contribution >= 0.6 is 0 Å². The van der Waals surface area contributed by atoms with Gasteiger partial charge in [0.1, 0.15) is 22.5 Å². The molecule has 43 heavy (non-hydrogen) atoms. The minimum atomic E-state index is -3.79. The molecule has 0 aliphatic heterocycles. The number of methoxy groups -OCH3 is 1. The SMILES string of the molecule is CCOC(=O)CC(c1ccc(C)c(CN(C)S(=O)(=O)c2ccc(OCCCN)cc2)c1)c1cc(OC)c2c(c1)nnn2C. The number of fused-ring (bicyclic) bond motifs is 1. The number of hydrogen-bond donors (Lipinski definition) is 1. The molecular weight excluding hydrogens is 570 g/mol. The fourth-order valence-corrected chi connectivity index (χ4v) is 6.06. The number of benzene rings is 3. The van der Waals surface area contributed by atoms with Crippen molar-refractivity contribution in [1.29, 1.82) is 0 Å². The van der Waals surface area contributed by atoms with Gasteiger partial charge in [-0.25, -0.2) is 13.1 Å². The van der Waals surface area contributed by atoms with Crippen LogP contribution in [0.1, 0.15) is 47.9 Å². The van der Waals surface area contributed by atoms with E-state index in [2.05, 4.69) is 10.3 Å². The minimum Gasteiger partial charge on any atom is -0.494 e. The molecule has 11 nitrogen and oxygen atoms in total. The summed E-state index contributed by atoms with van der Waals surface area (Å²) in [7, 11) is 1.13. The normalized spacial score (nSPS) is 12.4. The zero-order valence-electron chi connectivity index (χ0n) is 25.2. The molecule has 0 spiro atoms. The summed E-state index contributed by atoms with van der Waals surface area (Å²) < 4.78 is 46.4. The van der Waals surface area contributed by atoms with Crippen molar-refractivity contribution in [2.24, 2.45) is 12.8 Å². The maximum Gasteiger partial charge on any atom is 0.306 e. The number of sulfonamides is 1. The molecule has 0 saturated carbocycles. The molecule has 4 rings (SSSR count). The molecule has 0 aliphatic rings.